The Labute approximate surface area is 195 Å². The average Bonchev–Trinajstić information content (AvgIpc) is 2.76. The van der Waals surface area contributed by atoms with E-state index in [4.69, 9.17) is 14.2 Å². The van der Waals surface area contributed by atoms with E-state index in [0.717, 1.165) is 22.5 Å². The van der Waals surface area contributed by atoms with Crippen LogP contribution in [0.25, 0.3) is 0 Å². The zero-order valence-electron chi connectivity index (χ0n) is 20.2. The summed E-state index contributed by atoms with van der Waals surface area (Å²) < 4.78 is 16.7. The smallest absolute Gasteiger partial charge is 0.232 e. The summed E-state index contributed by atoms with van der Waals surface area (Å²) in [6, 6.07) is 11.5. The predicted molar refractivity (Wildman–Crippen MR) is 127 cm³/mol. The number of allylic oxidation sites excluding steroid dienone is 2. The van der Waals surface area contributed by atoms with Crippen molar-refractivity contribution in [1.82, 2.24) is 0 Å². The van der Waals surface area contributed by atoms with E-state index in [9.17, 15) is 9.59 Å². The van der Waals surface area contributed by atoms with Gasteiger partial charge in [0.25, 0.3) is 0 Å². The van der Waals surface area contributed by atoms with E-state index in [0.29, 0.717) is 35.7 Å². The van der Waals surface area contributed by atoms with Gasteiger partial charge in [0.1, 0.15) is 0 Å². The van der Waals surface area contributed by atoms with Gasteiger partial charge in [-0.1, -0.05) is 32.0 Å². The third-order valence-electron chi connectivity index (χ3n) is 6.51. The number of carbonyl (C=O) groups excluding carboxylic acids is 2. The summed E-state index contributed by atoms with van der Waals surface area (Å²) in [5.41, 5.74) is 3.87. The fraction of sp³-hybridized carbons (Fsp3) is 0.407. The number of hydrogen-bond donors (Lipinski definition) is 0. The highest BCUT2D eigenvalue weighted by atomic mass is 16.5. The number of ketones is 1. The molecule has 1 aliphatic heterocycles. The summed E-state index contributed by atoms with van der Waals surface area (Å²) in [6.07, 6.45) is 1.25. The first-order valence-corrected chi connectivity index (χ1v) is 11.2. The molecule has 174 valence electrons. The normalized spacial score (nSPS) is 19.9. The van der Waals surface area contributed by atoms with Gasteiger partial charge < -0.3 is 14.2 Å². The fourth-order valence-corrected chi connectivity index (χ4v) is 5.15. The first-order valence-electron chi connectivity index (χ1n) is 11.2. The second-order valence-corrected chi connectivity index (χ2v) is 9.55. The molecule has 0 aromatic heterocycles. The highest BCUT2D eigenvalue weighted by molar-refractivity contribution is 6.08. The molecule has 0 bridgehead atoms. The molecule has 0 fully saturated rings. The summed E-state index contributed by atoms with van der Waals surface area (Å²) in [7, 11) is 4.68. The number of nitrogens with zero attached hydrogens (tertiary/aromatic N) is 1. The van der Waals surface area contributed by atoms with Crippen molar-refractivity contribution >= 4 is 17.4 Å². The maximum Gasteiger partial charge on any atom is 0.232 e. The third kappa shape index (κ3) is 3.99. The van der Waals surface area contributed by atoms with Crippen LogP contribution in [0.2, 0.25) is 0 Å². The first-order chi connectivity index (χ1) is 15.7. The van der Waals surface area contributed by atoms with E-state index in [1.165, 1.54) is 0 Å². The number of carbonyl (C=O) groups is 2. The van der Waals surface area contributed by atoms with E-state index in [2.05, 4.69) is 13.8 Å². The molecule has 0 radical (unpaired) electrons. The van der Waals surface area contributed by atoms with Gasteiger partial charge in [-0.3, -0.25) is 14.5 Å². The van der Waals surface area contributed by atoms with Crippen LogP contribution in [0.1, 0.15) is 50.2 Å². The molecule has 6 heteroatoms. The number of benzene rings is 2. The van der Waals surface area contributed by atoms with Crippen molar-refractivity contribution < 1.29 is 23.8 Å². The molecule has 2 aromatic rings. The van der Waals surface area contributed by atoms with Crippen LogP contribution in [0.4, 0.5) is 5.69 Å². The van der Waals surface area contributed by atoms with Crippen molar-refractivity contribution in [3.05, 3.63) is 58.8 Å². The lowest BCUT2D eigenvalue weighted by molar-refractivity contribution is -0.121. The van der Waals surface area contributed by atoms with Gasteiger partial charge >= 0.3 is 0 Å². The molecule has 1 heterocycles. The van der Waals surface area contributed by atoms with E-state index in [1.54, 1.807) is 32.3 Å². The molecule has 6 nitrogen and oxygen atoms in total. The molecule has 0 spiro atoms. The van der Waals surface area contributed by atoms with Crippen molar-refractivity contribution in [2.24, 2.45) is 5.41 Å². The van der Waals surface area contributed by atoms with Gasteiger partial charge in [0.2, 0.25) is 11.7 Å². The molecular weight excluding hydrogens is 418 g/mol. The van der Waals surface area contributed by atoms with Gasteiger partial charge in [-0.25, -0.2) is 0 Å². The molecule has 2 aliphatic rings. The van der Waals surface area contributed by atoms with Crippen LogP contribution in [0.5, 0.6) is 17.2 Å². The minimum Gasteiger partial charge on any atom is -0.493 e. The summed E-state index contributed by atoms with van der Waals surface area (Å²) in [4.78, 5) is 28.9. The Morgan fingerprint density at radius 2 is 1.67 bits per heavy atom. The van der Waals surface area contributed by atoms with Crippen LogP contribution in [-0.4, -0.2) is 33.0 Å². The Hall–Kier alpha value is -3.28. The van der Waals surface area contributed by atoms with Gasteiger partial charge in [0.15, 0.2) is 17.3 Å². The van der Waals surface area contributed by atoms with Gasteiger partial charge in [-0.2, -0.15) is 0 Å². The number of anilines is 1. The van der Waals surface area contributed by atoms with Gasteiger partial charge in [0.05, 0.1) is 21.3 Å². The zero-order valence-corrected chi connectivity index (χ0v) is 20.2. The van der Waals surface area contributed by atoms with Crippen LogP contribution in [0.15, 0.2) is 47.7 Å². The van der Waals surface area contributed by atoms with E-state index >= 15 is 0 Å². The standard InChI is InChI=1S/C27H31NO5/c1-16-8-7-9-17(12-16)28-20-14-27(2,3)15-21(29)24(20)19(13-23(28)30)18-10-11-22(31-4)26(33-6)25(18)32-5/h7-12,19H,13-15H2,1-6H3/t19-/m0/s1. The number of methoxy groups -OCH3 is 3. The lowest BCUT2D eigenvalue weighted by atomic mass is 9.69. The molecular formula is C27H31NO5. The lowest BCUT2D eigenvalue weighted by Gasteiger charge is -2.43. The number of Topliss-reactive ketones (excluding diaryl/α,β-unsaturated/α-hetero) is 1. The summed E-state index contributed by atoms with van der Waals surface area (Å²) in [5.74, 6) is 1.11. The molecule has 1 atom stereocenters. The monoisotopic (exact) mass is 449 g/mol. The fourth-order valence-electron chi connectivity index (χ4n) is 5.15. The third-order valence-corrected chi connectivity index (χ3v) is 6.51. The SMILES string of the molecule is COc1ccc([C@@H]2CC(=O)N(c3cccc(C)c3)C3=C2C(=O)CC(C)(C)C3)c(OC)c1OC. The minimum atomic E-state index is -0.410. The van der Waals surface area contributed by atoms with E-state index in [-0.39, 0.29) is 23.5 Å². The summed E-state index contributed by atoms with van der Waals surface area (Å²) in [5, 5.41) is 0. The van der Waals surface area contributed by atoms with Crippen molar-refractivity contribution in [2.75, 3.05) is 26.2 Å². The Morgan fingerprint density at radius 3 is 2.30 bits per heavy atom. The number of ether oxygens (including phenoxy) is 3. The minimum absolute atomic E-state index is 0.0355. The summed E-state index contributed by atoms with van der Waals surface area (Å²) >= 11 is 0. The molecule has 0 N–H and O–H groups in total. The van der Waals surface area contributed by atoms with Crippen molar-refractivity contribution in [3.63, 3.8) is 0 Å². The maximum atomic E-state index is 13.6. The molecule has 1 amide bonds. The summed E-state index contributed by atoms with van der Waals surface area (Å²) in [6.45, 7) is 6.16. The first kappa shape index (κ1) is 22.9. The molecule has 1 aliphatic carbocycles. The number of rotatable bonds is 5. The second-order valence-electron chi connectivity index (χ2n) is 9.55. The number of hydrogen-bond acceptors (Lipinski definition) is 5. The maximum absolute atomic E-state index is 13.6. The van der Waals surface area contributed by atoms with Crippen LogP contribution in [0, 0.1) is 12.3 Å². The molecule has 0 unspecified atom stereocenters. The average molecular weight is 450 g/mol. The highest BCUT2D eigenvalue weighted by Gasteiger charge is 2.45. The largest absolute Gasteiger partial charge is 0.493 e. The van der Waals surface area contributed by atoms with E-state index < -0.39 is 5.92 Å². The van der Waals surface area contributed by atoms with Crippen molar-refractivity contribution in [2.45, 2.75) is 46.0 Å². The van der Waals surface area contributed by atoms with Crippen LogP contribution in [-0.2, 0) is 9.59 Å². The lowest BCUT2D eigenvalue weighted by Crippen LogP contribution is -2.43. The highest BCUT2D eigenvalue weighted by Crippen LogP contribution is 2.52. The molecule has 0 saturated carbocycles. The van der Waals surface area contributed by atoms with Crippen LogP contribution >= 0.6 is 0 Å². The second kappa shape index (κ2) is 8.58. The van der Waals surface area contributed by atoms with Crippen molar-refractivity contribution in [3.8, 4) is 17.2 Å². The van der Waals surface area contributed by atoms with Gasteiger partial charge in [-0.15, -0.1) is 0 Å². The van der Waals surface area contributed by atoms with Crippen molar-refractivity contribution in [1.29, 1.82) is 0 Å². The topological polar surface area (TPSA) is 65.1 Å². The molecule has 0 saturated heterocycles. The Bertz CT molecular complexity index is 1150. The van der Waals surface area contributed by atoms with Crippen LogP contribution in [0.3, 0.4) is 0 Å². The zero-order chi connectivity index (χ0) is 23.9. The van der Waals surface area contributed by atoms with Gasteiger partial charge in [0, 0.05) is 41.3 Å². The number of aryl methyl sites for hydroxylation is 1. The number of amides is 1. The van der Waals surface area contributed by atoms with Gasteiger partial charge in [-0.05, 0) is 42.5 Å². The predicted octanol–water partition coefficient (Wildman–Crippen LogP) is 5.18. The Kier molecular flexibility index (Phi) is 5.95. The van der Waals surface area contributed by atoms with Crippen LogP contribution < -0.4 is 19.1 Å². The van der Waals surface area contributed by atoms with E-state index in [1.807, 2.05) is 37.3 Å². The molecule has 4 rings (SSSR count). The Balaban J connectivity index is 1.95. The molecule has 33 heavy (non-hydrogen) atoms. The quantitative estimate of drug-likeness (QED) is 0.629. The Morgan fingerprint density at radius 1 is 0.939 bits per heavy atom. The molecule has 2 aromatic carbocycles.